The molecule has 24 heavy (non-hydrogen) atoms. The van der Waals surface area contributed by atoms with Crippen molar-refractivity contribution in [1.29, 1.82) is 0 Å². The average molecular weight is 333 g/mol. The van der Waals surface area contributed by atoms with E-state index in [0.717, 1.165) is 25.1 Å². The van der Waals surface area contributed by atoms with Gasteiger partial charge < -0.3 is 10.3 Å². The van der Waals surface area contributed by atoms with E-state index in [4.69, 9.17) is 0 Å². The first kappa shape index (κ1) is 16.3. The molecule has 2 N–H and O–H groups in total. The first-order valence-electron chi connectivity index (χ1n) is 7.79. The monoisotopic (exact) mass is 333 g/mol. The Morgan fingerprint density at radius 3 is 2.75 bits per heavy atom. The maximum atomic E-state index is 13.3. The molecule has 1 saturated carbocycles. The Morgan fingerprint density at radius 1 is 1.29 bits per heavy atom. The van der Waals surface area contributed by atoms with Gasteiger partial charge in [0.05, 0.1) is 12.4 Å². The molecule has 126 valence electrons. The van der Waals surface area contributed by atoms with Crippen molar-refractivity contribution in [2.45, 2.75) is 19.3 Å². The van der Waals surface area contributed by atoms with E-state index in [-0.39, 0.29) is 11.6 Å². The van der Waals surface area contributed by atoms with Crippen molar-refractivity contribution in [2.24, 2.45) is 11.8 Å². The fraction of sp³-hybridized carbons (Fsp3) is 0.353. The number of rotatable bonds is 6. The van der Waals surface area contributed by atoms with Crippen molar-refractivity contribution in [3.8, 4) is 0 Å². The van der Waals surface area contributed by atoms with Gasteiger partial charge in [-0.05, 0) is 48.8 Å². The van der Waals surface area contributed by atoms with Crippen LogP contribution in [0.25, 0.3) is 0 Å². The van der Waals surface area contributed by atoms with E-state index in [2.05, 4.69) is 15.3 Å². The molecule has 1 atom stereocenters. The van der Waals surface area contributed by atoms with Crippen LogP contribution in [-0.2, 0) is 6.42 Å². The lowest BCUT2D eigenvalue weighted by atomic mass is 9.94. The summed E-state index contributed by atoms with van der Waals surface area (Å²) in [6.45, 7) is 0.402. The van der Waals surface area contributed by atoms with Crippen LogP contribution in [0.5, 0.6) is 0 Å². The first-order chi connectivity index (χ1) is 11.5. The third-order valence-corrected chi connectivity index (χ3v) is 4.19. The van der Waals surface area contributed by atoms with Crippen molar-refractivity contribution >= 4 is 5.91 Å². The molecule has 1 aromatic carbocycles. The molecule has 2 aromatic rings. The SMILES string of the molecule is O=C(NC[C@H](Cc1ccc(F)c(F)c1)C1CC1)c1cncc(=O)[nH]1. The summed E-state index contributed by atoms with van der Waals surface area (Å²) in [5.41, 5.74) is 0.364. The third-order valence-electron chi connectivity index (χ3n) is 4.19. The van der Waals surface area contributed by atoms with Crippen LogP contribution in [0.3, 0.4) is 0 Å². The van der Waals surface area contributed by atoms with Gasteiger partial charge in [0.2, 0.25) is 0 Å². The largest absolute Gasteiger partial charge is 0.350 e. The summed E-state index contributed by atoms with van der Waals surface area (Å²) >= 11 is 0. The number of halogens is 2. The van der Waals surface area contributed by atoms with Crippen molar-refractivity contribution in [2.75, 3.05) is 6.54 Å². The molecule has 1 aromatic heterocycles. The Bertz CT molecular complexity index is 802. The Hall–Kier alpha value is -2.57. The highest BCUT2D eigenvalue weighted by Gasteiger charge is 2.31. The van der Waals surface area contributed by atoms with E-state index in [9.17, 15) is 18.4 Å². The molecular weight excluding hydrogens is 316 g/mol. The number of H-pyrrole nitrogens is 1. The number of amides is 1. The van der Waals surface area contributed by atoms with E-state index < -0.39 is 23.1 Å². The molecule has 0 radical (unpaired) electrons. The minimum absolute atomic E-state index is 0.102. The second kappa shape index (κ2) is 6.90. The highest BCUT2D eigenvalue weighted by atomic mass is 19.2. The number of aromatic amines is 1. The molecular formula is C17H17F2N3O2. The predicted octanol–water partition coefficient (Wildman–Crippen LogP) is 2.05. The molecule has 1 heterocycles. The second-order valence-electron chi connectivity index (χ2n) is 6.07. The molecule has 0 bridgehead atoms. The normalized spacial score (nSPS) is 15.1. The van der Waals surface area contributed by atoms with Gasteiger partial charge in [0.25, 0.3) is 11.5 Å². The molecule has 1 aliphatic rings. The Labute approximate surface area is 137 Å². The van der Waals surface area contributed by atoms with Gasteiger partial charge in [0.15, 0.2) is 11.6 Å². The molecule has 7 heteroatoms. The van der Waals surface area contributed by atoms with E-state index in [1.165, 1.54) is 12.3 Å². The van der Waals surface area contributed by atoms with E-state index in [1.54, 1.807) is 6.07 Å². The Kier molecular flexibility index (Phi) is 4.69. The fourth-order valence-electron chi connectivity index (χ4n) is 2.75. The molecule has 0 spiro atoms. The second-order valence-corrected chi connectivity index (χ2v) is 6.07. The van der Waals surface area contributed by atoms with Crippen LogP contribution >= 0.6 is 0 Å². The van der Waals surface area contributed by atoms with Crippen molar-refractivity contribution in [3.63, 3.8) is 0 Å². The van der Waals surface area contributed by atoms with Crippen LogP contribution in [0.4, 0.5) is 8.78 Å². The van der Waals surface area contributed by atoms with E-state index in [1.807, 2.05) is 0 Å². The van der Waals surface area contributed by atoms with Gasteiger partial charge in [-0.25, -0.2) is 8.78 Å². The third kappa shape index (κ3) is 4.04. The van der Waals surface area contributed by atoms with Gasteiger partial charge in [-0.15, -0.1) is 0 Å². The number of hydrogen-bond donors (Lipinski definition) is 2. The van der Waals surface area contributed by atoms with Crippen LogP contribution in [0.2, 0.25) is 0 Å². The molecule has 1 amide bonds. The summed E-state index contributed by atoms with van der Waals surface area (Å²) in [5, 5.41) is 2.78. The predicted molar refractivity (Wildman–Crippen MR) is 83.5 cm³/mol. The first-order valence-corrected chi connectivity index (χ1v) is 7.79. The lowest BCUT2D eigenvalue weighted by Gasteiger charge is -2.17. The van der Waals surface area contributed by atoms with Gasteiger partial charge >= 0.3 is 0 Å². The molecule has 3 rings (SSSR count). The van der Waals surface area contributed by atoms with Gasteiger partial charge in [0.1, 0.15) is 5.69 Å². The van der Waals surface area contributed by atoms with Crippen LogP contribution < -0.4 is 10.9 Å². The molecule has 5 nitrogen and oxygen atoms in total. The van der Waals surface area contributed by atoms with Gasteiger partial charge in [-0.1, -0.05) is 6.07 Å². The summed E-state index contributed by atoms with van der Waals surface area (Å²) < 4.78 is 26.3. The molecule has 0 saturated heterocycles. The number of hydrogen-bond acceptors (Lipinski definition) is 3. The van der Waals surface area contributed by atoms with Gasteiger partial charge in [0, 0.05) is 6.54 Å². The quantitative estimate of drug-likeness (QED) is 0.849. The summed E-state index contributed by atoms with van der Waals surface area (Å²) in [6, 6.07) is 3.88. The molecule has 1 aliphatic carbocycles. The zero-order valence-electron chi connectivity index (χ0n) is 12.9. The van der Waals surface area contributed by atoms with Crippen LogP contribution in [0.1, 0.15) is 28.9 Å². The Balaban J connectivity index is 1.63. The van der Waals surface area contributed by atoms with Gasteiger partial charge in [-0.3, -0.25) is 14.6 Å². The fourth-order valence-corrected chi connectivity index (χ4v) is 2.75. The number of aromatic nitrogens is 2. The number of carbonyl (C=O) groups excluding carboxylic acids is 1. The minimum Gasteiger partial charge on any atom is -0.350 e. The zero-order chi connectivity index (χ0) is 17.1. The maximum Gasteiger partial charge on any atom is 0.269 e. The van der Waals surface area contributed by atoms with Gasteiger partial charge in [-0.2, -0.15) is 0 Å². The topological polar surface area (TPSA) is 74.8 Å². The highest BCUT2D eigenvalue weighted by molar-refractivity contribution is 5.91. The maximum absolute atomic E-state index is 13.3. The number of nitrogens with zero attached hydrogens (tertiary/aromatic N) is 1. The lowest BCUT2D eigenvalue weighted by Crippen LogP contribution is -2.32. The standard InChI is InChI=1S/C17H17F2N3O2/c18-13-4-1-10(6-14(13)19)5-12(11-2-3-11)7-21-17(24)15-8-20-9-16(23)22-15/h1,4,6,8-9,11-12H,2-3,5,7H2,(H,21,24)(H,22,23)/t12-/m0/s1. The van der Waals surface area contributed by atoms with Crippen molar-refractivity contribution in [1.82, 2.24) is 15.3 Å². The summed E-state index contributed by atoms with van der Waals surface area (Å²) in [5.74, 6) is -1.53. The molecule has 0 unspecified atom stereocenters. The number of carbonyl (C=O) groups is 1. The van der Waals surface area contributed by atoms with Crippen molar-refractivity contribution in [3.05, 3.63) is 63.8 Å². The highest BCUT2D eigenvalue weighted by Crippen LogP contribution is 2.38. The average Bonchev–Trinajstić information content (AvgIpc) is 3.39. The number of benzene rings is 1. The van der Waals surface area contributed by atoms with Crippen molar-refractivity contribution < 1.29 is 13.6 Å². The molecule has 0 aliphatic heterocycles. The summed E-state index contributed by atoms with van der Waals surface area (Å²) in [6.07, 6.45) is 5.07. The summed E-state index contributed by atoms with van der Waals surface area (Å²) in [4.78, 5) is 29.4. The summed E-state index contributed by atoms with van der Waals surface area (Å²) in [7, 11) is 0. The lowest BCUT2D eigenvalue weighted by molar-refractivity contribution is 0.0939. The van der Waals surface area contributed by atoms with Crippen LogP contribution in [-0.4, -0.2) is 22.4 Å². The molecule has 1 fully saturated rings. The zero-order valence-corrected chi connectivity index (χ0v) is 12.9. The Morgan fingerprint density at radius 2 is 2.08 bits per heavy atom. The minimum atomic E-state index is -0.865. The van der Waals surface area contributed by atoms with Crippen LogP contribution in [0, 0.1) is 23.5 Å². The number of nitrogens with one attached hydrogen (secondary N) is 2. The van der Waals surface area contributed by atoms with E-state index >= 15 is 0 Å². The van der Waals surface area contributed by atoms with Crippen LogP contribution in [0.15, 0.2) is 35.4 Å². The smallest absolute Gasteiger partial charge is 0.269 e. The van der Waals surface area contributed by atoms with E-state index in [0.29, 0.717) is 24.4 Å².